The van der Waals surface area contributed by atoms with Crippen LogP contribution in [0.1, 0.15) is 61.1 Å². The molecule has 0 amide bonds. The van der Waals surface area contributed by atoms with E-state index in [1.807, 2.05) is 31.2 Å². The SMILES string of the molecule is CC#Cc1ccc(C#Cc2ccc(CC(Cc3ccc(C)cc3)C(C)(C)C)cc2)cc1. The molecule has 31 heavy (non-hydrogen) atoms. The van der Waals surface area contributed by atoms with E-state index in [4.69, 9.17) is 0 Å². The maximum absolute atomic E-state index is 3.28. The third-order valence-corrected chi connectivity index (χ3v) is 5.77. The fourth-order valence-corrected chi connectivity index (χ4v) is 3.63. The molecule has 3 aromatic rings. The first kappa shape index (κ1) is 22.5. The lowest BCUT2D eigenvalue weighted by Gasteiger charge is -2.31. The molecular weight excluding hydrogens is 372 g/mol. The molecule has 0 aliphatic carbocycles. The lowest BCUT2D eigenvalue weighted by atomic mass is 9.74. The van der Waals surface area contributed by atoms with Crippen molar-refractivity contribution in [2.24, 2.45) is 11.3 Å². The molecule has 0 heteroatoms. The van der Waals surface area contributed by atoms with Crippen molar-refractivity contribution in [3.05, 3.63) is 106 Å². The van der Waals surface area contributed by atoms with Crippen LogP contribution >= 0.6 is 0 Å². The summed E-state index contributed by atoms with van der Waals surface area (Å²) in [6.07, 6.45) is 2.18. The molecule has 0 heterocycles. The van der Waals surface area contributed by atoms with E-state index < -0.39 is 0 Å². The molecule has 0 aromatic heterocycles. The minimum Gasteiger partial charge on any atom is -0.101 e. The summed E-state index contributed by atoms with van der Waals surface area (Å²) in [5.41, 5.74) is 7.44. The van der Waals surface area contributed by atoms with E-state index in [1.165, 1.54) is 16.7 Å². The van der Waals surface area contributed by atoms with Gasteiger partial charge in [-0.15, -0.1) is 5.92 Å². The molecular formula is C31H32. The Morgan fingerprint density at radius 2 is 1.00 bits per heavy atom. The molecule has 0 radical (unpaired) electrons. The Labute approximate surface area is 188 Å². The number of rotatable bonds is 4. The third-order valence-electron chi connectivity index (χ3n) is 5.77. The smallest absolute Gasteiger partial charge is 0.0249 e. The average Bonchev–Trinajstić information content (AvgIpc) is 2.75. The second-order valence-electron chi connectivity index (χ2n) is 9.36. The van der Waals surface area contributed by atoms with Gasteiger partial charge in [0.25, 0.3) is 0 Å². The highest BCUT2D eigenvalue weighted by atomic mass is 14.3. The predicted octanol–water partition coefficient (Wildman–Crippen LogP) is 7.21. The molecule has 3 rings (SSSR count). The van der Waals surface area contributed by atoms with Crippen molar-refractivity contribution in [1.29, 1.82) is 0 Å². The molecule has 156 valence electrons. The van der Waals surface area contributed by atoms with Crippen molar-refractivity contribution >= 4 is 0 Å². The summed E-state index contributed by atoms with van der Waals surface area (Å²) >= 11 is 0. The molecule has 0 aliphatic heterocycles. The van der Waals surface area contributed by atoms with Crippen LogP contribution in [0.5, 0.6) is 0 Å². The van der Waals surface area contributed by atoms with Crippen molar-refractivity contribution in [3.8, 4) is 23.7 Å². The summed E-state index contributed by atoms with van der Waals surface area (Å²) in [5.74, 6) is 13.1. The van der Waals surface area contributed by atoms with Gasteiger partial charge in [0.2, 0.25) is 0 Å². The van der Waals surface area contributed by atoms with Crippen molar-refractivity contribution in [2.75, 3.05) is 0 Å². The summed E-state index contributed by atoms with van der Waals surface area (Å²) in [7, 11) is 0. The van der Waals surface area contributed by atoms with Crippen LogP contribution in [0.4, 0.5) is 0 Å². The number of benzene rings is 3. The minimum atomic E-state index is 0.248. The lowest BCUT2D eigenvalue weighted by Crippen LogP contribution is -2.25. The summed E-state index contributed by atoms with van der Waals surface area (Å²) in [5, 5.41) is 0. The summed E-state index contributed by atoms with van der Waals surface area (Å²) < 4.78 is 0. The second kappa shape index (κ2) is 10.2. The zero-order chi connectivity index (χ0) is 22.3. The Balaban J connectivity index is 1.69. The van der Waals surface area contributed by atoms with Crippen LogP contribution < -0.4 is 0 Å². The van der Waals surface area contributed by atoms with Crippen LogP contribution in [-0.2, 0) is 12.8 Å². The van der Waals surface area contributed by atoms with Gasteiger partial charge in [0, 0.05) is 16.7 Å². The number of hydrogen-bond acceptors (Lipinski definition) is 0. The van der Waals surface area contributed by atoms with E-state index in [9.17, 15) is 0 Å². The predicted molar refractivity (Wildman–Crippen MR) is 133 cm³/mol. The topological polar surface area (TPSA) is 0 Å². The zero-order valence-electron chi connectivity index (χ0n) is 19.4. The molecule has 0 saturated carbocycles. The highest BCUT2D eigenvalue weighted by molar-refractivity contribution is 5.46. The van der Waals surface area contributed by atoms with E-state index >= 15 is 0 Å². The van der Waals surface area contributed by atoms with E-state index in [1.54, 1.807) is 0 Å². The molecule has 1 atom stereocenters. The van der Waals surface area contributed by atoms with Crippen molar-refractivity contribution in [2.45, 2.75) is 47.5 Å². The van der Waals surface area contributed by atoms with E-state index in [-0.39, 0.29) is 5.41 Å². The summed E-state index contributed by atoms with van der Waals surface area (Å²) in [6.45, 7) is 11.0. The Morgan fingerprint density at radius 3 is 1.42 bits per heavy atom. The highest BCUT2D eigenvalue weighted by Gasteiger charge is 2.25. The van der Waals surface area contributed by atoms with Gasteiger partial charge in [-0.25, -0.2) is 0 Å². The van der Waals surface area contributed by atoms with Gasteiger partial charge in [-0.3, -0.25) is 0 Å². The van der Waals surface area contributed by atoms with Gasteiger partial charge in [0.05, 0.1) is 0 Å². The van der Waals surface area contributed by atoms with Gasteiger partial charge in [0.15, 0.2) is 0 Å². The minimum absolute atomic E-state index is 0.248. The first-order valence-electron chi connectivity index (χ1n) is 11.0. The van der Waals surface area contributed by atoms with Crippen LogP contribution in [0.25, 0.3) is 0 Å². The molecule has 0 N–H and O–H groups in total. The first-order valence-corrected chi connectivity index (χ1v) is 11.0. The average molecular weight is 405 g/mol. The molecule has 0 nitrogen and oxygen atoms in total. The van der Waals surface area contributed by atoms with Crippen LogP contribution in [0.3, 0.4) is 0 Å². The highest BCUT2D eigenvalue weighted by Crippen LogP contribution is 2.32. The van der Waals surface area contributed by atoms with Crippen molar-refractivity contribution in [3.63, 3.8) is 0 Å². The maximum atomic E-state index is 3.28. The Bertz CT molecular complexity index is 1100. The molecule has 1 unspecified atom stereocenters. The number of hydrogen-bond donors (Lipinski definition) is 0. The van der Waals surface area contributed by atoms with Crippen molar-refractivity contribution in [1.82, 2.24) is 0 Å². The standard InChI is InChI=1S/C31H32/c1-6-7-25-12-14-26(15-13-25)16-17-27-18-20-29(21-19-27)23-30(31(3,4)5)22-28-10-8-24(2)9-11-28/h8-15,18-21,30H,22-23H2,1-5H3. The van der Waals surface area contributed by atoms with Crippen LogP contribution in [0, 0.1) is 41.9 Å². The van der Waals surface area contributed by atoms with Gasteiger partial charge in [-0.1, -0.05) is 80.5 Å². The van der Waals surface area contributed by atoms with E-state index in [0.29, 0.717) is 5.92 Å². The van der Waals surface area contributed by atoms with Gasteiger partial charge in [-0.2, -0.15) is 0 Å². The van der Waals surface area contributed by atoms with Gasteiger partial charge >= 0.3 is 0 Å². The second-order valence-corrected chi connectivity index (χ2v) is 9.36. The summed E-state index contributed by atoms with van der Waals surface area (Å²) in [4.78, 5) is 0. The Hall–Kier alpha value is -3.22. The normalized spacial score (nSPS) is 11.6. The van der Waals surface area contributed by atoms with Gasteiger partial charge in [-0.05, 0) is 85.5 Å². The maximum Gasteiger partial charge on any atom is 0.0249 e. The largest absolute Gasteiger partial charge is 0.101 e. The van der Waals surface area contributed by atoms with Crippen molar-refractivity contribution < 1.29 is 0 Å². The molecule has 0 bridgehead atoms. The van der Waals surface area contributed by atoms with E-state index in [0.717, 1.165) is 29.5 Å². The lowest BCUT2D eigenvalue weighted by molar-refractivity contribution is 0.237. The number of aryl methyl sites for hydroxylation is 1. The quantitative estimate of drug-likeness (QED) is 0.403. The Kier molecular flexibility index (Phi) is 7.39. The molecule has 0 aliphatic rings. The summed E-state index contributed by atoms with van der Waals surface area (Å²) in [6, 6.07) is 25.8. The molecule has 0 fully saturated rings. The van der Waals surface area contributed by atoms with Crippen LogP contribution in [0.15, 0.2) is 72.8 Å². The molecule has 0 spiro atoms. The fraction of sp³-hybridized carbons (Fsp3) is 0.290. The third kappa shape index (κ3) is 6.91. The van der Waals surface area contributed by atoms with E-state index in [2.05, 4.69) is 99.9 Å². The molecule has 3 aromatic carbocycles. The van der Waals surface area contributed by atoms with Gasteiger partial charge < -0.3 is 0 Å². The van der Waals surface area contributed by atoms with Crippen LogP contribution in [0.2, 0.25) is 0 Å². The molecule has 0 saturated heterocycles. The zero-order valence-corrected chi connectivity index (χ0v) is 19.4. The first-order chi connectivity index (χ1) is 14.8. The Morgan fingerprint density at radius 1 is 0.613 bits per heavy atom. The van der Waals surface area contributed by atoms with Crippen LogP contribution in [-0.4, -0.2) is 0 Å². The monoisotopic (exact) mass is 404 g/mol. The van der Waals surface area contributed by atoms with Gasteiger partial charge in [0.1, 0.15) is 0 Å². The fourth-order valence-electron chi connectivity index (χ4n) is 3.63.